The molecule has 0 saturated heterocycles. The topological polar surface area (TPSA) is 63.3 Å². The number of benzene rings is 1. The zero-order valence-electron chi connectivity index (χ0n) is 8.11. The van der Waals surface area contributed by atoms with Crippen molar-refractivity contribution in [2.75, 3.05) is 6.54 Å². The molecule has 3 N–H and O–H groups in total. The highest BCUT2D eigenvalue weighted by Crippen LogP contribution is 2.18. The molecule has 0 aliphatic carbocycles. The van der Waals surface area contributed by atoms with Gasteiger partial charge in [0.2, 0.25) is 0 Å². The fourth-order valence-corrected chi connectivity index (χ4v) is 1.55. The predicted molar refractivity (Wildman–Crippen MR) is 63.8 cm³/mol. The standard InChI is InChI=1S/C11H12BrNO2/c12-9-4-5-10(11(14)15)8(7-9)3-1-2-6-13/h1,3-5,7H,2,6,13H2,(H,14,15). The minimum atomic E-state index is -0.921. The van der Waals surface area contributed by atoms with Crippen molar-refractivity contribution >= 4 is 28.0 Å². The molecule has 0 amide bonds. The number of carbonyl (C=O) groups is 1. The summed E-state index contributed by atoms with van der Waals surface area (Å²) in [5.74, 6) is -0.921. The van der Waals surface area contributed by atoms with Crippen LogP contribution in [0.4, 0.5) is 0 Å². The van der Waals surface area contributed by atoms with Gasteiger partial charge in [-0.3, -0.25) is 0 Å². The Morgan fingerprint density at radius 1 is 1.53 bits per heavy atom. The molecular weight excluding hydrogens is 258 g/mol. The molecule has 0 aliphatic heterocycles. The number of halogens is 1. The van der Waals surface area contributed by atoms with E-state index in [0.717, 1.165) is 10.9 Å². The zero-order chi connectivity index (χ0) is 11.3. The van der Waals surface area contributed by atoms with Crippen LogP contribution >= 0.6 is 15.9 Å². The maximum absolute atomic E-state index is 10.9. The second kappa shape index (κ2) is 5.68. The molecule has 1 aromatic rings. The minimum Gasteiger partial charge on any atom is -0.478 e. The highest BCUT2D eigenvalue weighted by Gasteiger charge is 2.07. The van der Waals surface area contributed by atoms with E-state index in [-0.39, 0.29) is 0 Å². The van der Waals surface area contributed by atoms with Crippen molar-refractivity contribution in [2.45, 2.75) is 6.42 Å². The first kappa shape index (κ1) is 11.9. The molecule has 0 aromatic heterocycles. The molecule has 0 fully saturated rings. The number of hydrogen-bond acceptors (Lipinski definition) is 2. The van der Waals surface area contributed by atoms with E-state index in [1.54, 1.807) is 24.3 Å². The van der Waals surface area contributed by atoms with Crippen LogP contribution in [0.5, 0.6) is 0 Å². The summed E-state index contributed by atoms with van der Waals surface area (Å²) < 4.78 is 0.861. The van der Waals surface area contributed by atoms with Crippen molar-refractivity contribution in [3.8, 4) is 0 Å². The summed E-state index contributed by atoms with van der Waals surface area (Å²) in [5, 5.41) is 8.94. The summed E-state index contributed by atoms with van der Waals surface area (Å²) in [5.41, 5.74) is 6.33. The average Bonchev–Trinajstić information content (AvgIpc) is 2.18. The maximum atomic E-state index is 10.9. The van der Waals surface area contributed by atoms with Gasteiger partial charge in [-0.1, -0.05) is 28.1 Å². The SMILES string of the molecule is NCCC=Cc1cc(Br)ccc1C(=O)O. The van der Waals surface area contributed by atoms with E-state index < -0.39 is 5.97 Å². The van der Waals surface area contributed by atoms with Gasteiger partial charge in [-0.2, -0.15) is 0 Å². The lowest BCUT2D eigenvalue weighted by atomic mass is 10.1. The number of carboxylic acids is 1. The fourth-order valence-electron chi connectivity index (χ4n) is 1.17. The van der Waals surface area contributed by atoms with Crippen molar-refractivity contribution < 1.29 is 9.90 Å². The van der Waals surface area contributed by atoms with Gasteiger partial charge in [-0.25, -0.2) is 4.79 Å². The summed E-state index contributed by atoms with van der Waals surface area (Å²) in [4.78, 5) is 10.9. The molecule has 0 saturated carbocycles. The number of rotatable bonds is 4. The predicted octanol–water partition coefficient (Wildman–Crippen LogP) is 2.51. The van der Waals surface area contributed by atoms with Gasteiger partial charge in [0.05, 0.1) is 5.56 Å². The van der Waals surface area contributed by atoms with Crippen molar-refractivity contribution in [2.24, 2.45) is 5.73 Å². The Labute approximate surface area is 96.7 Å². The molecular formula is C11H12BrNO2. The second-order valence-corrected chi connectivity index (χ2v) is 3.93. The van der Waals surface area contributed by atoms with E-state index >= 15 is 0 Å². The lowest BCUT2D eigenvalue weighted by Crippen LogP contribution is -1.99. The lowest BCUT2D eigenvalue weighted by Gasteiger charge is -2.01. The monoisotopic (exact) mass is 269 g/mol. The van der Waals surface area contributed by atoms with Crippen LogP contribution < -0.4 is 5.73 Å². The van der Waals surface area contributed by atoms with Crippen LogP contribution in [0.2, 0.25) is 0 Å². The normalized spacial score (nSPS) is 10.8. The molecule has 80 valence electrons. The Morgan fingerprint density at radius 2 is 2.27 bits per heavy atom. The summed E-state index contributed by atoms with van der Waals surface area (Å²) in [7, 11) is 0. The smallest absolute Gasteiger partial charge is 0.336 e. The van der Waals surface area contributed by atoms with Crippen molar-refractivity contribution in [1.82, 2.24) is 0 Å². The molecule has 15 heavy (non-hydrogen) atoms. The van der Waals surface area contributed by atoms with Gasteiger partial charge in [0.25, 0.3) is 0 Å². The van der Waals surface area contributed by atoms with E-state index in [1.165, 1.54) is 0 Å². The van der Waals surface area contributed by atoms with E-state index in [2.05, 4.69) is 15.9 Å². The summed E-state index contributed by atoms with van der Waals surface area (Å²) in [6.07, 6.45) is 4.39. The van der Waals surface area contributed by atoms with Crippen LogP contribution in [0.1, 0.15) is 22.3 Å². The van der Waals surface area contributed by atoms with Crippen molar-refractivity contribution in [3.05, 3.63) is 39.9 Å². The number of carboxylic acid groups (broad SMARTS) is 1. The third-order valence-corrected chi connectivity index (χ3v) is 2.37. The highest BCUT2D eigenvalue weighted by molar-refractivity contribution is 9.10. The van der Waals surface area contributed by atoms with Gasteiger partial charge in [0.15, 0.2) is 0 Å². The highest BCUT2D eigenvalue weighted by atomic mass is 79.9. The van der Waals surface area contributed by atoms with Crippen LogP contribution in [-0.2, 0) is 0 Å². The summed E-state index contributed by atoms with van der Waals surface area (Å²) in [6, 6.07) is 5.06. The summed E-state index contributed by atoms with van der Waals surface area (Å²) >= 11 is 3.30. The Hall–Kier alpha value is -1.13. The van der Waals surface area contributed by atoms with E-state index in [0.29, 0.717) is 17.7 Å². The number of aromatic carboxylic acids is 1. The minimum absolute atomic E-state index is 0.298. The molecule has 0 bridgehead atoms. The Morgan fingerprint density at radius 3 is 2.87 bits per heavy atom. The molecule has 0 spiro atoms. The lowest BCUT2D eigenvalue weighted by molar-refractivity contribution is 0.0696. The fraction of sp³-hybridized carbons (Fsp3) is 0.182. The molecule has 4 heteroatoms. The average molecular weight is 270 g/mol. The largest absolute Gasteiger partial charge is 0.478 e. The molecule has 0 aliphatic rings. The van der Waals surface area contributed by atoms with Crippen LogP contribution in [0.3, 0.4) is 0 Å². The third-order valence-electron chi connectivity index (χ3n) is 1.87. The first-order valence-corrected chi connectivity index (χ1v) is 5.34. The molecule has 0 radical (unpaired) electrons. The first-order chi connectivity index (χ1) is 7.15. The maximum Gasteiger partial charge on any atom is 0.336 e. The Balaban J connectivity index is 3.02. The zero-order valence-corrected chi connectivity index (χ0v) is 9.70. The van der Waals surface area contributed by atoms with E-state index in [4.69, 9.17) is 10.8 Å². The van der Waals surface area contributed by atoms with Crippen LogP contribution in [0.15, 0.2) is 28.7 Å². The molecule has 1 aromatic carbocycles. The van der Waals surface area contributed by atoms with Gasteiger partial charge in [0, 0.05) is 4.47 Å². The molecule has 1 rings (SSSR count). The number of nitrogens with two attached hydrogens (primary N) is 1. The van der Waals surface area contributed by atoms with Gasteiger partial charge in [0.1, 0.15) is 0 Å². The van der Waals surface area contributed by atoms with E-state index in [1.807, 2.05) is 6.08 Å². The second-order valence-electron chi connectivity index (χ2n) is 3.02. The number of hydrogen-bond donors (Lipinski definition) is 2. The third kappa shape index (κ3) is 3.49. The van der Waals surface area contributed by atoms with Gasteiger partial charge >= 0.3 is 5.97 Å². The van der Waals surface area contributed by atoms with Gasteiger partial charge < -0.3 is 10.8 Å². The molecule has 3 nitrogen and oxygen atoms in total. The van der Waals surface area contributed by atoms with Gasteiger partial charge in [-0.05, 0) is 36.7 Å². The molecule has 0 heterocycles. The molecule has 0 unspecified atom stereocenters. The van der Waals surface area contributed by atoms with Crippen molar-refractivity contribution in [3.63, 3.8) is 0 Å². The van der Waals surface area contributed by atoms with Crippen LogP contribution in [0.25, 0.3) is 6.08 Å². The Bertz CT molecular complexity index is 388. The van der Waals surface area contributed by atoms with Crippen molar-refractivity contribution in [1.29, 1.82) is 0 Å². The Kier molecular flexibility index (Phi) is 4.52. The first-order valence-electron chi connectivity index (χ1n) is 4.54. The molecule has 0 atom stereocenters. The van der Waals surface area contributed by atoms with Gasteiger partial charge in [-0.15, -0.1) is 0 Å². The van der Waals surface area contributed by atoms with Crippen LogP contribution in [0, 0.1) is 0 Å². The van der Waals surface area contributed by atoms with Crippen LogP contribution in [-0.4, -0.2) is 17.6 Å². The quantitative estimate of drug-likeness (QED) is 0.883. The van der Waals surface area contributed by atoms with E-state index in [9.17, 15) is 4.79 Å². The summed E-state index contributed by atoms with van der Waals surface area (Å²) in [6.45, 7) is 0.562.